The number of nitrogens with zero attached hydrogens (tertiary/aromatic N) is 1. The van der Waals surface area contributed by atoms with Gasteiger partial charge in [-0.15, -0.1) is 11.3 Å². The summed E-state index contributed by atoms with van der Waals surface area (Å²) in [5.74, 6) is -3.72. The Hall–Kier alpha value is -2.37. The second-order valence-corrected chi connectivity index (χ2v) is 8.70. The van der Waals surface area contributed by atoms with Gasteiger partial charge in [0.2, 0.25) is 11.8 Å². The molecule has 0 fully saturated rings. The van der Waals surface area contributed by atoms with E-state index in [0.717, 1.165) is 33.8 Å². The van der Waals surface area contributed by atoms with Crippen LogP contribution in [0.5, 0.6) is 0 Å². The summed E-state index contributed by atoms with van der Waals surface area (Å²) in [6.07, 6.45) is 0. The lowest BCUT2D eigenvalue weighted by molar-refractivity contribution is -0.128. The monoisotopic (exact) mass is 417 g/mol. The van der Waals surface area contributed by atoms with Crippen molar-refractivity contribution in [1.29, 1.82) is 0 Å². The van der Waals surface area contributed by atoms with Crippen molar-refractivity contribution in [3.63, 3.8) is 0 Å². The standard InChI is InChI=1S/C16H17F2N3O4S2/c1-19-16(23)15(10-5-6-11(17)12(18)8-10)20-13(22)9-21(2)27(24,25)14-4-3-7-26-14/h3-8,15H,9H2,1-2H3,(H,19,23)(H,20,22)/t15-/m0/s1. The summed E-state index contributed by atoms with van der Waals surface area (Å²) in [5, 5.41) is 6.23. The average Bonchev–Trinajstić information content (AvgIpc) is 3.17. The van der Waals surface area contributed by atoms with Gasteiger partial charge in [-0.25, -0.2) is 17.2 Å². The quantitative estimate of drug-likeness (QED) is 0.709. The van der Waals surface area contributed by atoms with Crippen LogP contribution in [-0.4, -0.2) is 45.2 Å². The van der Waals surface area contributed by atoms with E-state index in [4.69, 9.17) is 0 Å². The van der Waals surface area contributed by atoms with Crippen molar-refractivity contribution in [1.82, 2.24) is 14.9 Å². The molecule has 0 unspecified atom stereocenters. The molecule has 2 aromatic rings. The van der Waals surface area contributed by atoms with Crippen molar-refractivity contribution in [3.05, 3.63) is 52.9 Å². The maximum Gasteiger partial charge on any atom is 0.252 e. The zero-order chi connectivity index (χ0) is 20.2. The van der Waals surface area contributed by atoms with Crippen LogP contribution in [0.15, 0.2) is 39.9 Å². The van der Waals surface area contributed by atoms with E-state index in [-0.39, 0.29) is 9.77 Å². The predicted octanol–water partition coefficient (Wildman–Crippen LogP) is 1.25. The molecule has 2 rings (SSSR count). The predicted molar refractivity (Wildman–Crippen MR) is 95.4 cm³/mol. The van der Waals surface area contributed by atoms with Crippen molar-refractivity contribution in [2.75, 3.05) is 20.6 Å². The van der Waals surface area contributed by atoms with Gasteiger partial charge in [0.15, 0.2) is 11.6 Å². The van der Waals surface area contributed by atoms with Gasteiger partial charge in [0.1, 0.15) is 10.3 Å². The first-order valence-corrected chi connectivity index (χ1v) is 9.94. The average molecular weight is 417 g/mol. The normalized spacial score (nSPS) is 12.6. The SMILES string of the molecule is CNC(=O)[C@@H](NC(=O)CN(C)S(=O)(=O)c1cccs1)c1ccc(F)c(F)c1. The number of thiophene rings is 1. The van der Waals surface area contributed by atoms with Gasteiger partial charge in [-0.2, -0.15) is 4.31 Å². The second-order valence-electron chi connectivity index (χ2n) is 5.48. The molecular weight excluding hydrogens is 400 g/mol. The van der Waals surface area contributed by atoms with E-state index in [2.05, 4.69) is 10.6 Å². The number of sulfonamides is 1. The lowest BCUT2D eigenvalue weighted by atomic mass is 10.1. The van der Waals surface area contributed by atoms with Crippen molar-refractivity contribution in [2.45, 2.75) is 10.3 Å². The fraction of sp³-hybridized carbons (Fsp3) is 0.250. The zero-order valence-corrected chi connectivity index (χ0v) is 16.0. The summed E-state index contributed by atoms with van der Waals surface area (Å²) in [6.45, 7) is -0.558. The van der Waals surface area contributed by atoms with Crippen molar-refractivity contribution >= 4 is 33.2 Å². The molecule has 0 aliphatic rings. The highest BCUT2D eigenvalue weighted by Crippen LogP contribution is 2.20. The number of likely N-dealkylation sites (N-methyl/N-ethyl adjacent to an activating group) is 2. The van der Waals surface area contributed by atoms with Crippen LogP contribution >= 0.6 is 11.3 Å². The number of rotatable bonds is 7. The Morgan fingerprint density at radius 3 is 2.48 bits per heavy atom. The fourth-order valence-corrected chi connectivity index (χ4v) is 4.52. The molecule has 27 heavy (non-hydrogen) atoms. The first-order chi connectivity index (χ1) is 12.7. The lowest BCUT2D eigenvalue weighted by Crippen LogP contribution is -2.44. The van der Waals surface area contributed by atoms with Crippen LogP contribution < -0.4 is 10.6 Å². The number of amides is 2. The summed E-state index contributed by atoms with van der Waals surface area (Å²) >= 11 is 1.00. The van der Waals surface area contributed by atoms with Gasteiger partial charge in [-0.3, -0.25) is 9.59 Å². The van der Waals surface area contributed by atoms with E-state index in [1.165, 1.54) is 20.2 Å². The topological polar surface area (TPSA) is 95.6 Å². The number of carbonyl (C=O) groups excluding carboxylic acids is 2. The number of hydrogen-bond donors (Lipinski definition) is 2. The zero-order valence-electron chi connectivity index (χ0n) is 14.4. The largest absolute Gasteiger partial charge is 0.357 e. The van der Waals surface area contributed by atoms with Gasteiger partial charge in [0.25, 0.3) is 10.0 Å². The van der Waals surface area contributed by atoms with Crippen LogP contribution in [0, 0.1) is 11.6 Å². The van der Waals surface area contributed by atoms with Gasteiger partial charge in [0, 0.05) is 14.1 Å². The van der Waals surface area contributed by atoms with Gasteiger partial charge < -0.3 is 10.6 Å². The van der Waals surface area contributed by atoms with Crippen molar-refractivity contribution in [3.8, 4) is 0 Å². The summed E-state index contributed by atoms with van der Waals surface area (Å²) in [4.78, 5) is 24.3. The van der Waals surface area contributed by atoms with E-state index in [1.807, 2.05) is 0 Å². The Morgan fingerprint density at radius 2 is 1.93 bits per heavy atom. The molecule has 11 heteroatoms. The third-order valence-electron chi connectivity index (χ3n) is 3.62. The summed E-state index contributed by atoms with van der Waals surface area (Å²) in [5.41, 5.74) is 0.0189. The molecule has 0 spiro atoms. The van der Waals surface area contributed by atoms with E-state index in [0.29, 0.717) is 0 Å². The summed E-state index contributed by atoms with van der Waals surface area (Å²) < 4.78 is 52.2. The Balaban J connectivity index is 2.16. The van der Waals surface area contributed by atoms with E-state index in [1.54, 1.807) is 11.4 Å². The molecule has 0 radical (unpaired) electrons. The molecule has 2 amide bonds. The maximum atomic E-state index is 13.5. The lowest BCUT2D eigenvalue weighted by Gasteiger charge is -2.20. The Kier molecular flexibility index (Phi) is 6.63. The van der Waals surface area contributed by atoms with Crippen LogP contribution in [0.3, 0.4) is 0 Å². The molecule has 0 saturated heterocycles. The Labute approximate surface area is 159 Å². The van der Waals surface area contributed by atoms with Crippen LogP contribution in [0.2, 0.25) is 0 Å². The highest BCUT2D eigenvalue weighted by molar-refractivity contribution is 7.91. The Bertz CT molecular complexity index is 933. The van der Waals surface area contributed by atoms with Crippen LogP contribution in [0.25, 0.3) is 0 Å². The minimum atomic E-state index is -3.85. The smallest absolute Gasteiger partial charge is 0.252 e. The third-order valence-corrected chi connectivity index (χ3v) is 6.79. The number of halogens is 2. The third kappa shape index (κ3) is 4.87. The van der Waals surface area contributed by atoms with Gasteiger partial charge in [0.05, 0.1) is 6.54 Å². The first kappa shape index (κ1) is 20.9. The van der Waals surface area contributed by atoms with E-state index < -0.39 is 46.1 Å². The number of carbonyl (C=O) groups is 2. The summed E-state index contributed by atoms with van der Waals surface area (Å²) in [6, 6.07) is 4.45. The molecule has 1 heterocycles. The molecule has 0 saturated carbocycles. The molecule has 1 aromatic heterocycles. The van der Waals surface area contributed by atoms with Gasteiger partial charge in [-0.1, -0.05) is 12.1 Å². The van der Waals surface area contributed by atoms with Crippen LogP contribution in [0.1, 0.15) is 11.6 Å². The highest BCUT2D eigenvalue weighted by atomic mass is 32.2. The molecule has 146 valence electrons. The van der Waals surface area contributed by atoms with Crippen molar-refractivity contribution < 1.29 is 26.8 Å². The fourth-order valence-electron chi connectivity index (χ4n) is 2.19. The minimum absolute atomic E-state index is 0.0189. The molecule has 7 nitrogen and oxygen atoms in total. The molecule has 1 aromatic carbocycles. The van der Waals surface area contributed by atoms with Gasteiger partial charge in [-0.05, 0) is 29.1 Å². The first-order valence-electron chi connectivity index (χ1n) is 7.62. The molecule has 0 aliphatic heterocycles. The molecule has 0 bridgehead atoms. The van der Waals surface area contributed by atoms with Gasteiger partial charge >= 0.3 is 0 Å². The highest BCUT2D eigenvalue weighted by Gasteiger charge is 2.27. The minimum Gasteiger partial charge on any atom is -0.357 e. The molecule has 0 aliphatic carbocycles. The molecular formula is C16H17F2N3O4S2. The van der Waals surface area contributed by atoms with Crippen LogP contribution in [0.4, 0.5) is 8.78 Å². The summed E-state index contributed by atoms with van der Waals surface area (Å²) in [7, 11) is -1.31. The van der Waals surface area contributed by atoms with E-state index >= 15 is 0 Å². The molecule has 1 atom stereocenters. The van der Waals surface area contributed by atoms with E-state index in [9.17, 15) is 26.8 Å². The van der Waals surface area contributed by atoms with Crippen molar-refractivity contribution in [2.24, 2.45) is 0 Å². The number of nitrogens with one attached hydrogen (secondary N) is 2. The second kappa shape index (κ2) is 8.55. The molecule has 2 N–H and O–H groups in total. The van der Waals surface area contributed by atoms with Crippen LogP contribution in [-0.2, 0) is 19.6 Å². The maximum absolute atomic E-state index is 13.5. The number of benzene rings is 1. The number of hydrogen-bond acceptors (Lipinski definition) is 5. The Morgan fingerprint density at radius 1 is 1.22 bits per heavy atom.